The second-order valence-electron chi connectivity index (χ2n) is 2.58. The Bertz CT molecular complexity index is 209. The molecule has 0 aromatic heterocycles. The van der Waals surface area contributed by atoms with Crippen LogP contribution in [-0.4, -0.2) is 15.7 Å². The van der Waals surface area contributed by atoms with Gasteiger partial charge in [-0.25, -0.2) is 0 Å². The number of carbonyl (C=O) groups is 1. The van der Waals surface area contributed by atoms with E-state index in [-0.39, 0.29) is 6.04 Å². The van der Waals surface area contributed by atoms with E-state index in [4.69, 9.17) is 34.8 Å². The first-order chi connectivity index (χ1) is 5.50. The average Bonchev–Trinajstić information content (AvgIpc) is 2.37. The molecule has 1 aliphatic carbocycles. The second-order valence-corrected chi connectivity index (χ2v) is 4.86. The molecule has 68 valence electrons. The van der Waals surface area contributed by atoms with Crippen LogP contribution in [0.4, 0.5) is 0 Å². The Hall–Kier alpha value is 0.0800. The number of alkyl halides is 3. The zero-order valence-electron chi connectivity index (χ0n) is 6.19. The highest BCUT2D eigenvalue weighted by molar-refractivity contribution is 6.76. The maximum atomic E-state index is 11.1. The van der Waals surface area contributed by atoms with E-state index in [0.29, 0.717) is 0 Å². The van der Waals surface area contributed by atoms with Gasteiger partial charge in [-0.05, 0) is 12.8 Å². The van der Waals surface area contributed by atoms with Crippen LogP contribution in [0, 0.1) is 0 Å². The van der Waals surface area contributed by atoms with Crippen molar-refractivity contribution in [3.8, 4) is 0 Å². The summed E-state index contributed by atoms with van der Waals surface area (Å²) >= 11 is 16.1. The smallest absolute Gasteiger partial charge is 0.272 e. The summed E-state index contributed by atoms with van der Waals surface area (Å²) in [5.41, 5.74) is 0. The molecule has 0 saturated carbocycles. The Morgan fingerprint density at radius 1 is 1.50 bits per heavy atom. The summed E-state index contributed by atoms with van der Waals surface area (Å²) in [7, 11) is 0. The molecule has 1 N–H and O–H groups in total. The molecule has 2 nitrogen and oxygen atoms in total. The molecule has 0 aromatic rings. The molecule has 0 heterocycles. The van der Waals surface area contributed by atoms with E-state index in [9.17, 15) is 4.79 Å². The van der Waals surface area contributed by atoms with E-state index < -0.39 is 9.70 Å². The Morgan fingerprint density at radius 3 is 2.58 bits per heavy atom. The van der Waals surface area contributed by atoms with E-state index in [0.717, 1.165) is 12.8 Å². The third-order valence-corrected chi connectivity index (χ3v) is 2.10. The van der Waals surface area contributed by atoms with Crippen molar-refractivity contribution in [3.63, 3.8) is 0 Å². The van der Waals surface area contributed by atoms with Gasteiger partial charge in [0.1, 0.15) is 0 Å². The van der Waals surface area contributed by atoms with Crippen molar-refractivity contribution in [3.05, 3.63) is 12.2 Å². The molecule has 1 atom stereocenters. The number of hydrogen-bond donors (Lipinski definition) is 1. The first-order valence-electron chi connectivity index (χ1n) is 3.54. The summed E-state index contributed by atoms with van der Waals surface area (Å²) in [5.74, 6) is -0.566. The van der Waals surface area contributed by atoms with E-state index in [2.05, 4.69) is 5.32 Å². The molecule has 5 heteroatoms. The Labute approximate surface area is 85.9 Å². The lowest BCUT2D eigenvalue weighted by Gasteiger charge is -2.15. The van der Waals surface area contributed by atoms with Crippen LogP contribution in [0.5, 0.6) is 0 Å². The van der Waals surface area contributed by atoms with Gasteiger partial charge in [0, 0.05) is 6.04 Å². The van der Waals surface area contributed by atoms with Crippen molar-refractivity contribution in [2.24, 2.45) is 0 Å². The summed E-state index contributed by atoms with van der Waals surface area (Å²) < 4.78 is -1.85. The number of carbonyl (C=O) groups excluding carboxylic acids is 1. The zero-order chi connectivity index (χ0) is 9.19. The van der Waals surface area contributed by atoms with Crippen molar-refractivity contribution >= 4 is 40.7 Å². The van der Waals surface area contributed by atoms with Gasteiger partial charge in [-0.15, -0.1) is 0 Å². The Kier molecular flexibility index (Phi) is 3.27. The molecule has 1 amide bonds. The molecule has 0 bridgehead atoms. The standard InChI is InChI=1S/C7H8Cl3NO/c8-7(9,10)6(12)11-5-3-1-2-4-5/h1,3,5H,2,4H2,(H,11,12). The van der Waals surface area contributed by atoms with Gasteiger partial charge in [0.15, 0.2) is 0 Å². The zero-order valence-corrected chi connectivity index (χ0v) is 8.46. The topological polar surface area (TPSA) is 29.1 Å². The molecule has 1 unspecified atom stereocenters. The minimum absolute atomic E-state index is 0.0214. The largest absolute Gasteiger partial charge is 0.346 e. The molecule has 1 aliphatic rings. The van der Waals surface area contributed by atoms with Crippen molar-refractivity contribution in [1.29, 1.82) is 0 Å². The van der Waals surface area contributed by atoms with Gasteiger partial charge in [0.2, 0.25) is 0 Å². The molecule has 0 radical (unpaired) electrons. The predicted molar refractivity (Wildman–Crippen MR) is 50.6 cm³/mol. The normalized spacial score (nSPS) is 22.8. The number of rotatable bonds is 1. The highest BCUT2D eigenvalue weighted by Crippen LogP contribution is 2.26. The van der Waals surface area contributed by atoms with Crippen LogP contribution >= 0.6 is 34.8 Å². The molecule has 1 rings (SSSR count). The number of halogens is 3. The molecular weight excluding hydrogens is 220 g/mol. The first-order valence-corrected chi connectivity index (χ1v) is 4.68. The van der Waals surface area contributed by atoms with E-state index in [1.807, 2.05) is 12.2 Å². The van der Waals surface area contributed by atoms with Crippen LogP contribution in [0.2, 0.25) is 0 Å². The summed E-state index contributed by atoms with van der Waals surface area (Å²) in [5, 5.41) is 2.60. The minimum Gasteiger partial charge on any atom is -0.346 e. The maximum absolute atomic E-state index is 11.1. The van der Waals surface area contributed by atoms with Crippen LogP contribution in [-0.2, 0) is 4.79 Å². The van der Waals surface area contributed by atoms with Gasteiger partial charge >= 0.3 is 0 Å². The highest BCUT2D eigenvalue weighted by atomic mass is 35.6. The van der Waals surface area contributed by atoms with Gasteiger partial charge in [-0.1, -0.05) is 47.0 Å². The van der Waals surface area contributed by atoms with Gasteiger partial charge in [-0.3, -0.25) is 4.79 Å². The number of allylic oxidation sites excluding steroid dienone is 1. The third-order valence-electron chi connectivity index (χ3n) is 1.59. The van der Waals surface area contributed by atoms with Crippen LogP contribution in [0.1, 0.15) is 12.8 Å². The number of amides is 1. The van der Waals surface area contributed by atoms with Crippen molar-refractivity contribution in [2.45, 2.75) is 22.7 Å². The second kappa shape index (κ2) is 3.86. The Balaban J connectivity index is 2.41. The van der Waals surface area contributed by atoms with E-state index >= 15 is 0 Å². The monoisotopic (exact) mass is 227 g/mol. The summed E-state index contributed by atoms with van der Waals surface area (Å²) in [4.78, 5) is 11.1. The summed E-state index contributed by atoms with van der Waals surface area (Å²) in [6.45, 7) is 0. The van der Waals surface area contributed by atoms with E-state index in [1.54, 1.807) is 0 Å². The predicted octanol–water partition coefficient (Wildman–Crippen LogP) is 2.19. The minimum atomic E-state index is -1.85. The molecule has 0 spiro atoms. The Morgan fingerprint density at radius 2 is 2.17 bits per heavy atom. The van der Waals surface area contributed by atoms with Gasteiger partial charge in [-0.2, -0.15) is 0 Å². The van der Waals surface area contributed by atoms with Gasteiger partial charge < -0.3 is 5.32 Å². The lowest BCUT2D eigenvalue weighted by molar-refractivity contribution is -0.120. The summed E-state index contributed by atoms with van der Waals surface area (Å²) in [6.07, 6.45) is 5.73. The number of hydrogen-bond acceptors (Lipinski definition) is 1. The fraction of sp³-hybridized carbons (Fsp3) is 0.571. The molecule has 0 aliphatic heterocycles. The summed E-state index contributed by atoms with van der Waals surface area (Å²) in [6, 6.07) is 0.0214. The lowest BCUT2D eigenvalue weighted by Crippen LogP contribution is -2.39. The van der Waals surface area contributed by atoms with Crippen LogP contribution in [0.3, 0.4) is 0 Å². The van der Waals surface area contributed by atoms with Crippen molar-refractivity contribution in [1.82, 2.24) is 5.32 Å². The van der Waals surface area contributed by atoms with Crippen molar-refractivity contribution in [2.75, 3.05) is 0 Å². The molecule has 12 heavy (non-hydrogen) atoms. The van der Waals surface area contributed by atoms with Crippen LogP contribution in [0.15, 0.2) is 12.2 Å². The fourth-order valence-electron chi connectivity index (χ4n) is 1.00. The molecule has 0 aromatic carbocycles. The maximum Gasteiger partial charge on any atom is 0.272 e. The number of nitrogens with one attached hydrogen (secondary N) is 1. The molecule has 0 fully saturated rings. The quantitative estimate of drug-likeness (QED) is 0.541. The average molecular weight is 229 g/mol. The van der Waals surface area contributed by atoms with Gasteiger partial charge in [0.05, 0.1) is 0 Å². The van der Waals surface area contributed by atoms with E-state index in [1.165, 1.54) is 0 Å². The van der Waals surface area contributed by atoms with Crippen molar-refractivity contribution < 1.29 is 4.79 Å². The van der Waals surface area contributed by atoms with Crippen LogP contribution in [0.25, 0.3) is 0 Å². The third kappa shape index (κ3) is 2.85. The molecule has 0 saturated heterocycles. The first kappa shape index (κ1) is 10.2. The fourth-order valence-corrected chi connectivity index (χ4v) is 1.17. The van der Waals surface area contributed by atoms with Crippen LogP contribution < -0.4 is 5.32 Å². The SMILES string of the molecule is O=C(NC1C=CCC1)C(Cl)(Cl)Cl. The highest BCUT2D eigenvalue weighted by Gasteiger charge is 2.31. The lowest BCUT2D eigenvalue weighted by atomic mass is 10.2. The van der Waals surface area contributed by atoms with Gasteiger partial charge in [0.25, 0.3) is 9.70 Å². The molecular formula is C7H8Cl3NO.